The molecule has 7 nitrogen and oxygen atoms in total. The average Bonchev–Trinajstić information content (AvgIpc) is 2.62. The molecule has 1 N–H and O–H groups in total. The quantitative estimate of drug-likeness (QED) is 0.574. The van der Waals surface area contributed by atoms with Crippen molar-refractivity contribution in [2.75, 3.05) is 20.8 Å². The van der Waals surface area contributed by atoms with Gasteiger partial charge in [0.15, 0.2) is 11.5 Å². The van der Waals surface area contributed by atoms with Crippen molar-refractivity contribution >= 4 is 16.2 Å². The number of ether oxygens (including phenoxy) is 3. The number of methoxy groups -OCH3 is 2. The van der Waals surface area contributed by atoms with E-state index >= 15 is 0 Å². The number of para-hydroxylation sites is 1. The molecule has 0 aliphatic carbocycles. The summed E-state index contributed by atoms with van der Waals surface area (Å²) in [5.74, 6) is 1.38. The van der Waals surface area contributed by atoms with E-state index in [1.54, 1.807) is 12.1 Å². The van der Waals surface area contributed by atoms with E-state index in [0.717, 1.165) is 0 Å². The number of rotatable bonds is 8. The largest absolute Gasteiger partial charge is 0.493 e. The van der Waals surface area contributed by atoms with Gasteiger partial charge >= 0.3 is 0 Å². The Hall–Kier alpha value is -2.74. The third kappa shape index (κ3) is 4.63. The molecule has 0 unspecified atom stereocenters. The van der Waals surface area contributed by atoms with E-state index in [2.05, 4.69) is 9.93 Å². The van der Waals surface area contributed by atoms with E-state index in [1.165, 1.54) is 38.6 Å². The van der Waals surface area contributed by atoms with Gasteiger partial charge in [-0.05, 0) is 31.2 Å². The topological polar surface area (TPSA) is 86.2 Å². The zero-order valence-corrected chi connectivity index (χ0v) is 15.0. The molecule has 8 heteroatoms. The molecule has 0 saturated carbocycles. The first kappa shape index (κ1) is 18.6. The summed E-state index contributed by atoms with van der Waals surface area (Å²) in [6.45, 7) is 2.37. The number of nitrogens with zero attached hydrogens (tertiary/aromatic N) is 1. The van der Waals surface area contributed by atoms with Gasteiger partial charge in [0.05, 0.1) is 31.9 Å². The Balaban J connectivity index is 2.19. The van der Waals surface area contributed by atoms with Gasteiger partial charge in [-0.2, -0.15) is 13.5 Å². The highest BCUT2D eigenvalue weighted by molar-refractivity contribution is 7.89. The minimum Gasteiger partial charge on any atom is -0.493 e. The van der Waals surface area contributed by atoms with Crippen LogP contribution in [0.15, 0.2) is 52.5 Å². The van der Waals surface area contributed by atoms with Crippen molar-refractivity contribution in [2.45, 2.75) is 11.8 Å². The molecule has 0 fully saturated rings. The molecular formula is C17H20N2O5S. The number of hydrogen-bond acceptors (Lipinski definition) is 6. The minimum absolute atomic E-state index is 0.0143. The zero-order chi connectivity index (χ0) is 18.3. The molecule has 0 heterocycles. The molecule has 0 atom stereocenters. The van der Waals surface area contributed by atoms with Crippen LogP contribution in [0.2, 0.25) is 0 Å². The van der Waals surface area contributed by atoms with E-state index in [-0.39, 0.29) is 4.90 Å². The predicted octanol–water partition coefficient (Wildman–Crippen LogP) is 2.41. The smallest absolute Gasteiger partial charge is 0.276 e. The third-order valence-electron chi connectivity index (χ3n) is 3.26. The summed E-state index contributed by atoms with van der Waals surface area (Å²) in [7, 11) is -0.926. The van der Waals surface area contributed by atoms with Crippen LogP contribution in [0.3, 0.4) is 0 Å². The van der Waals surface area contributed by atoms with Gasteiger partial charge in [0.1, 0.15) is 5.75 Å². The highest BCUT2D eigenvalue weighted by atomic mass is 32.2. The normalized spacial score (nSPS) is 11.3. The second-order valence-electron chi connectivity index (χ2n) is 4.84. The molecule has 2 rings (SSSR count). The summed E-state index contributed by atoms with van der Waals surface area (Å²) < 4.78 is 40.4. The third-order valence-corrected chi connectivity index (χ3v) is 4.48. The summed E-state index contributed by atoms with van der Waals surface area (Å²) >= 11 is 0. The molecule has 0 bridgehead atoms. The van der Waals surface area contributed by atoms with E-state index < -0.39 is 10.0 Å². The standard InChI is InChI=1S/C17H20N2O5S/c1-4-24-15-8-6-5-7-13(15)12-18-19-25(20,21)14-9-10-16(22-2)17(11-14)23-3/h5-12,19H,4H2,1-3H3/b18-12+. The van der Waals surface area contributed by atoms with Crippen LogP contribution in [0.5, 0.6) is 17.2 Å². The summed E-state index contributed by atoms with van der Waals surface area (Å²) in [5, 5.41) is 3.82. The lowest BCUT2D eigenvalue weighted by Gasteiger charge is -2.10. The Morgan fingerprint density at radius 3 is 2.44 bits per heavy atom. The van der Waals surface area contributed by atoms with E-state index in [9.17, 15) is 8.42 Å². The maximum atomic E-state index is 12.3. The van der Waals surface area contributed by atoms with Crippen LogP contribution in [0.25, 0.3) is 0 Å². The first-order valence-electron chi connectivity index (χ1n) is 7.50. The first-order valence-corrected chi connectivity index (χ1v) is 8.99. The van der Waals surface area contributed by atoms with Crippen molar-refractivity contribution in [1.29, 1.82) is 0 Å². The summed E-state index contributed by atoms with van der Waals surface area (Å²) in [6.07, 6.45) is 1.39. The van der Waals surface area contributed by atoms with Gasteiger partial charge in [-0.25, -0.2) is 4.83 Å². The molecular weight excluding hydrogens is 344 g/mol. The molecule has 0 aliphatic rings. The highest BCUT2D eigenvalue weighted by Crippen LogP contribution is 2.29. The molecule has 134 valence electrons. The number of nitrogens with one attached hydrogen (secondary N) is 1. The monoisotopic (exact) mass is 364 g/mol. The molecule has 0 spiro atoms. The second kappa shape index (κ2) is 8.39. The average molecular weight is 364 g/mol. The number of hydrazone groups is 1. The van der Waals surface area contributed by atoms with E-state index in [0.29, 0.717) is 29.4 Å². The van der Waals surface area contributed by atoms with Crippen LogP contribution in [-0.2, 0) is 10.0 Å². The van der Waals surface area contributed by atoms with Crippen molar-refractivity contribution in [3.63, 3.8) is 0 Å². The minimum atomic E-state index is -3.84. The fraction of sp³-hybridized carbons (Fsp3) is 0.235. The Labute approximate surface area is 147 Å². The maximum Gasteiger partial charge on any atom is 0.276 e. The van der Waals surface area contributed by atoms with Crippen molar-refractivity contribution in [3.8, 4) is 17.2 Å². The highest BCUT2D eigenvalue weighted by Gasteiger charge is 2.16. The molecule has 0 aromatic heterocycles. The Morgan fingerprint density at radius 2 is 1.76 bits per heavy atom. The lowest BCUT2D eigenvalue weighted by molar-refractivity contribution is 0.340. The summed E-state index contributed by atoms with van der Waals surface area (Å²) in [6, 6.07) is 11.5. The molecule has 2 aromatic carbocycles. The van der Waals surface area contributed by atoms with Crippen molar-refractivity contribution in [1.82, 2.24) is 4.83 Å². The molecule has 0 radical (unpaired) electrons. The van der Waals surface area contributed by atoms with E-state index in [4.69, 9.17) is 14.2 Å². The Morgan fingerprint density at radius 1 is 1.04 bits per heavy atom. The van der Waals surface area contributed by atoms with Gasteiger partial charge in [0, 0.05) is 11.6 Å². The second-order valence-corrected chi connectivity index (χ2v) is 6.50. The molecule has 0 saturated heterocycles. The van der Waals surface area contributed by atoms with E-state index in [1.807, 2.05) is 19.1 Å². The SMILES string of the molecule is CCOc1ccccc1/C=N/NS(=O)(=O)c1ccc(OC)c(OC)c1. The molecule has 0 aliphatic heterocycles. The van der Waals surface area contributed by atoms with Crippen LogP contribution >= 0.6 is 0 Å². The van der Waals surface area contributed by atoms with Crippen molar-refractivity contribution in [2.24, 2.45) is 5.10 Å². The Bertz CT molecular complexity index is 850. The van der Waals surface area contributed by atoms with Crippen molar-refractivity contribution in [3.05, 3.63) is 48.0 Å². The number of benzene rings is 2. The van der Waals surface area contributed by atoms with Gasteiger partial charge in [-0.3, -0.25) is 0 Å². The predicted molar refractivity (Wildman–Crippen MR) is 95.1 cm³/mol. The summed E-state index contributed by atoms with van der Waals surface area (Å²) in [4.78, 5) is 2.19. The number of sulfonamides is 1. The maximum absolute atomic E-state index is 12.3. The zero-order valence-electron chi connectivity index (χ0n) is 14.2. The molecule has 25 heavy (non-hydrogen) atoms. The van der Waals surface area contributed by atoms with Gasteiger partial charge in [0.25, 0.3) is 10.0 Å². The van der Waals surface area contributed by atoms with Crippen LogP contribution in [0.1, 0.15) is 12.5 Å². The van der Waals surface area contributed by atoms with Gasteiger partial charge in [0.2, 0.25) is 0 Å². The van der Waals surface area contributed by atoms with Gasteiger partial charge < -0.3 is 14.2 Å². The Kier molecular flexibility index (Phi) is 6.24. The van der Waals surface area contributed by atoms with Crippen LogP contribution in [0.4, 0.5) is 0 Å². The fourth-order valence-corrected chi connectivity index (χ4v) is 2.88. The van der Waals surface area contributed by atoms with Crippen LogP contribution in [0, 0.1) is 0 Å². The van der Waals surface area contributed by atoms with Gasteiger partial charge in [-0.1, -0.05) is 12.1 Å². The van der Waals surface area contributed by atoms with Crippen molar-refractivity contribution < 1.29 is 22.6 Å². The van der Waals surface area contributed by atoms with Gasteiger partial charge in [-0.15, -0.1) is 0 Å². The van der Waals surface area contributed by atoms with Crippen LogP contribution in [-0.4, -0.2) is 35.5 Å². The number of hydrogen-bond donors (Lipinski definition) is 1. The molecule has 0 amide bonds. The first-order chi connectivity index (χ1) is 12.0. The lowest BCUT2D eigenvalue weighted by Crippen LogP contribution is -2.18. The molecule has 2 aromatic rings. The van der Waals surface area contributed by atoms with Crippen LogP contribution < -0.4 is 19.0 Å². The fourth-order valence-electron chi connectivity index (χ4n) is 2.08. The summed E-state index contributed by atoms with van der Waals surface area (Å²) in [5.41, 5.74) is 0.666. The lowest BCUT2D eigenvalue weighted by atomic mass is 10.2.